The Bertz CT molecular complexity index is 639. The zero-order chi connectivity index (χ0) is 14.7. The van der Waals surface area contributed by atoms with Gasteiger partial charge in [0.05, 0.1) is 0 Å². The third-order valence-corrected chi connectivity index (χ3v) is 2.72. The largest absolute Gasteiger partial charge is 0.508 e. The standard InChI is InChI=1S/C15H12O5/c1-9-7-13(18)14(15(19)20-9)12(17)6-5-10-3-2-4-11(16)8-10/h2-8,14,16H,1H3. The summed E-state index contributed by atoms with van der Waals surface area (Å²) in [5.41, 5.74) is 0.585. The Morgan fingerprint density at radius 3 is 2.75 bits per heavy atom. The molecule has 5 nitrogen and oxygen atoms in total. The SMILES string of the molecule is CC1=CC(=O)C(C(=O)C=Cc2cccc(O)c2)C(=O)O1. The first-order valence-corrected chi connectivity index (χ1v) is 5.92. The first-order valence-electron chi connectivity index (χ1n) is 5.92. The van der Waals surface area contributed by atoms with Crippen LogP contribution in [0.5, 0.6) is 5.75 Å². The number of phenolic OH excluding ortho intramolecular Hbond substituents is 1. The molecule has 1 aliphatic rings. The van der Waals surface area contributed by atoms with Crippen LogP contribution in [0.15, 0.2) is 42.2 Å². The van der Waals surface area contributed by atoms with E-state index in [1.54, 1.807) is 12.1 Å². The fourth-order valence-electron chi connectivity index (χ4n) is 1.81. The van der Waals surface area contributed by atoms with Crippen LogP contribution >= 0.6 is 0 Å². The van der Waals surface area contributed by atoms with E-state index < -0.39 is 23.5 Å². The minimum absolute atomic E-state index is 0.0614. The second-order valence-electron chi connectivity index (χ2n) is 4.34. The molecule has 0 aromatic heterocycles. The fourth-order valence-corrected chi connectivity index (χ4v) is 1.81. The average Bonchev–Trinajstić information content (AvgIpc) is 2.35. The van der Waals surface area contributed by atoms with Crippen LogP contribution in [-0.4, -0.2) is 22.6 Å². The van der Waals surface area contributed by atoms with Crippen molar-refractivity contribution in [1.29, 1.82) is 0 Å². The number of ether oxygens (including phenoxy) is 1. The van der Waals surface area contributed by atoms with Gasteiger partial charge in [0.2, 0.25) is 0 Å². The molecule has 0 aliphatic carbocycles. The lowest BCUT2D eigenvalue weighted by molar-refractivity contribution is -0.151. The third kappa shape index (κ3) is 3.00. The second-order valence-corrected chi connectivity index (χ2v) is 4.34. The second kappa shape index (κ2) is 5.52. The van der Waals surface area contributed by atoms with Gasteiger partial charge in [-0.25, -0.2) is 0 Å². The average molecular weight is 272 g/mol. The maximum absolute atomic E-state index is 11.9. The van der Waals surface area contributed by atoms with Gasteiger partial charge in [0.15, 0.2) is 17.5 Å². The summed E-state index contributed by atoms with van der Waals surface area (Å²) in [7, 11) is 0. The Labute approximate surface area is 115 Å². The summed E-state index contributed by atoms with van der Waals surface area (Å²) in [6.45, 7) is 1.47. The predicted octanol–water partition coefficient (Wildman–Crippen LogP) is 1.62. The number of carbonyl (C=O) groups is 3. The monoisotopic (exact) mass is 272 g/mol. The first-order chi connectivity index (χ1) is 9.47. The van der Waals surface area contributed by atoms with Crippen molar-refractivity contribution in [3.05, 3.63) is 47.7 Å². The Kier molecular flexibility index (Phi) is 3.79. The zero-order valence-electron chi connectivity index (χ0n) is 10.7. The lowest BCUT2D eigenvalue weighted by Crippen LogP contribution is -2.34. The molecule has 102 valence electrons. The number of aromatic hydroxyl groups is 1. The summed E-state index contributed by atoms with van der Waals surface area (Å²) in [4.78, 5) is 35.1. The minimum Gasteiger partial charge on any atom is -0.508 e. The van der Waals surface area contributed by atoms with Crippen molar-refractivity contribution in [2.45, 2.75) is 6.92 Å². The number of cyclic esters (lactones) is 1. The minimum atomic E-state index is -1.44. The number of ketones is 2. The number of allylic oxidation sites excluding steroid dienone is 3. The van der Waals surface area contributed by atoms with E-state index in [9.17, 15) is 19.5 Å². The highest BCUT2D eigenvalue weighted by Gasteiger charge is 2.36. The number of esters is 1. The van der Waals surface area contributed by atoms with E-state index >= 15 is 0 Å². The smallest absolute Gasteiger partial charge is 0.329 e. The van der Waals surface area contributed by atoms with Crippen LogP contribution in [0.3, 0.4) is 0 Å². The molecule has 0 amide bonds. The van der Waals surface area contributed by atoms with Crippen molar-refractivity contribution < 1.29 is 24.2 Å². The summed E-state index contributed by atoms with van der Waals surface area (Å²) in [6, 6.07) is 6.24. The molecule has 0 fully saturated rings. The quantitative estimate of drug-likeness (QED) is 0.513. The van der Waals surface area contributed by atoms with Crippen molar-refractivity contribution in [1.82, 2.24) is 0 Å². The number of carbonyl (C=O) groups excluding carboxylic acids is 3. The number of hydrogen-bond donors (Lipinski definition) is 1. The molecular formula is C15H12O5. The highest BCUT2D eigenvalue weighted by atomic mass is 16.5. The van der Waals surface area contributed by atoms with Crippen molar-refractivity contribution in [3.63, 3.8) is 0 Å². The topological polar surface area (TPSA) is 80.7 Å². The molecule has 0 radical (unpaired) electrons. The Morgan fingerprint density at radius 2 is 2.10 bits per heavy atom. The van der Waals surface area contributed by atoms with Crippen LogP contribution in [0.1, 0.15) is 12.5 Å². The van der Waals surface area contributed by atoms with Gasteiger partial charge in [0.1, 0.15) is 11.5 Å². The van der Waals surface area contributed by atoms with Crippen LogP contribution in [-0.2, 0) is 19.1 Å². The van der Waals surface area contributed by atoms with Crippen LogP contribution in [0.4, 0.5) is 0 Å². The summed E-state index contributed by atoms with van der Waals surface area (Å²) in [5, 5.41) is 9.29. The maximum atomic E-state index is 11.9. The summed E-state index contributed by atoms with van der Waals surface area (Å²) in [6.07, 6.45) is 3.69. The maximum Gasteiger partial charge on any atom is 0.329 e. The highest BCUT2D eigenvalue weighted by molar-refractivity contribution is 6.25. The van der Waals surface area contributed by atoms with E-state index in [0.717, 1.165) is 12.2 Å². The van der Waals surface area contributed by atoms with Crippen molar-refractivity contribution in [3.8, 4) is 5.75 Å². The molecule has 1 aromatic carbocycles. The van der Waals surface area contributed by atoms with Gasteiger partial charge in [-0.3, -0.25) is 14.4 Å². The number of phenols is 1. The highest BCUT2D eigenvalue weighted by Crippen LogP contribution is 2.17. The van der Waals surface area contributed by atoms with Crippen molar-refractivity contribution >= 4 is 23.6 Å². The molecule has 5 heteroatoms. The van der Waals surface area contributed by atoms with Gasteiger partial charge in [0, 0.05) is 6.08 Å². The molecule has 1 unspecified atom stereocenters. The fraction of sp³-hybridized carbons (Fsp3) is 0.133. The molecular weight excluding hydrogens is 260 g/mol. The van der Waals surface area contributed by atoms with Gasteiger partial charge in [-0.1, -0.05) is 18.2 Å². The van der Waals surface area contributed by atoms with E-state index in [1.807, 2.05) is 0 Å². The van der Waals surface area contributed by atoms with Gasteiger partial charge in [0.25, 0.3) is 0 Å². The molecule has 0 spiro atoms. The lowest BCUT2D eigenvalue weighted by atomic mass is 9.96. The summed E-state index contributed by atoms with van der Waals surface area (Å²) < 4.78 is 4.77. The summed E-state index contributed by atoms with van der Waals surface area (Å²) >= 11 is 0. The molecule has 1 N–H and O–H groups in total. The molecule has 1 aromatic rings. The molecule has 1 heterocycles. The van der Waals surface area contributed by atoms with Gasteiger partial charge in [-0.05, 0) is 30.7 Å². The number of rotatable bonds is 3. The van der Waals surface area contributed by atoms with Crippen molar-refractivity contribution in [2.24, 2.45) is 5.92 Å². The van der Waals surface area contributed by atoms with Crippen LogP contribution < -0.4 is 0 Å². The summed E-state index contributed by atoms with van der Waals surface area (Å²) in [5.74, 6) is -3.28. The molecule has 1 aliphatic heterocycles. The molecule has 0 bridgehead atoms. The zero-order valence-corrected chi connectivity index (χ0v) is 10.7. The van der Waals surface area contributed by atoms with Crippen LogP contribution in [0, 0.1) is 5.92 Å². The van der Waals surface area contributed by atoms with Gasteiger partial charge >= 0.3 is 5.97 Å². The van der Waals surface area contributed by atoms with Gasteiger partial charge in [-0.15, -0.1) is 0 Å². The van der Waals surface area contributed by atoms with E-state index in [-0.39, 0.29) is 11.5 Å². The molecule has 20 heavy (non-hydrogen) atoms. The Balaban J connectivity index is 2.16. The molecule has 1 atom stereocenters. The van der Waals surface area contributed by atoms with E-state index in [4.69, 9.17) is 4.74 Å². The van der Waals surface area contributed by atoms with Crippen LogP contribution in [0.25, 0.3) is 6.08 Å². The molecule has 0 saturated carbocycles. The van der Waals surface area contributed by atoms with Crippen LogP contribution in [0.2, 0.25) is 0 Å². The normalized spacial score (nSPS) is 18.9. The van der Waals surface area contributed by atoms with Gasteiger partial charge < -0.3 is 9.84 Å². The van der Waals surface area contributed by atoms with Crippen molar-refractivity contribution in [2.75, 3.05) is 0 Å². The Hall–Kier alpha value is -2.69. The molecule has 2 rings (SSSR count). The molecule has 0 saturated heterocycles. The first kappa shape index (κ1) is 13.7. The van der Waals surface area contributed by atoms with Gasteiger partial charge in [-0.2, -0.15) is 0 Å². The number of benzene rings is 1. The van der Waals surface area contributed by atoms with E-state index in [0.29, 0.717) is 5.56 Å². The predicted molar refractivity (Wildman–Crippen MR) is 70.5 cm³/mol. The third-order valence-electron chi connectivity index (χ3n) is 2.72. The van der Waals surface area contributed by atoms with E-state index in [1.165, 1.54) is 25.1 Å². The van der Waals surface area contributed by atoms with E-state index in [2.05, 4.69) is 0 Å². The Morgan fingerprint density at radius 1 is 1.35 bits per heavy atom. The lowest BCUT2D eigenvalue weighted by Gasteiger charge is -2.15. The number of hydrogen-bond acceptors (Lipinski definition) is 5.